The van der Waals surface area contributed by atoms with Gasteiger partial charge in [0.25, 0.3) is 0 Å². The fourth-order valence-corrected chi connectivity index (χ4v) is 4.25. The molecule has 0 saturated carbocycles. The molecule has 1 N–H and O–H groups in total. The van der Waals surface area contributed by atoms with Crippen LogP contribution in [0.25, 0.3) is 33.5 Å². The second-order valence-electron chi connectivity index (χ2n) is 9.03. The number of aryl methyl sites for hydroxylation is 1. The van der Waals surface area contributed by atoms with Crippen molar-refractivity contribution in [3.05, 3.63) is 72.3 Å². The minimum Gasteiger partial charge on any atom is -0.494 e. The van der Waals surface area contributed by atoms with Crippen molar-refractivity contribution >= 4 is 11.0 Å². The summed E-state index contributed by atoms with van der Waals surface area (Å²) in [5.74, 6) is 1.86. The highest BCUT2D eigenvalue weighted by Crippen LogP contribution is 2.27. The molecular formula is C30H36N2O. The average molecular weight is 441 g/mol. The van der Waals surface area contributed by atoms with Gasteiger partial charge in [-0.15, -0.1) is 0 Å². The first-order chi connectivity index (χ1) is 16.2. The summed E-state index contributed by atoms with van der Waals surface area (Å²) in [4.78, 5) is 8.16. The van der Waals surface area contributed by atoms with E-state index in [4.69, 9.17) is 9.72 Å². The highest BCUT2D eigenvalue weighted by atomic mass is 16.5. The maximum absolute atomic E-state index is 5.94. The van der Waals surface area contributed by atoms with Crippen LogP contribution < -0.4 is 4.74 Å². The second-order valence-corrected chi connectivity index (χ2v) is 9.03. The van der Waals surface area contributed by atoms with Crippen molar-refractivity contribution in [2.24, 2.45) is 0 Å². The van der Waals surface area contributed by atoms with E-state index < -0.39 is 0 Å². The normalized spacial score (nSPS) is 11.2. The Morgan fingerprint density at radius 1 is 0.697 bits per heavy atom. The van der Waals surface area contributed by atoms with Gasteiger partial charge in [0.2, 0.25) is 0 Å². The molecule has 0 aliphatic carbocycles. The fraction of sp³-hybridized carbons (Fsp3) is 0.367. The Bertz CT molecular complexity index is 1130. The summed E-state index contributed by atoms with van der Waals surface area (Å²) in [6.45, 7) is 5.17. The van der Waals surface area contributed by atoms with E-state index >= 15 is 0 Å². The molecule has 4 aromatic rings. The third-order valence-electron chi connectivity index (χ3n) is 6.25. The van der Waals surface area contributed by atoms with E-state index in [2.05, 4.69) is 85.6 Å². The topological polar surface area (TPSA) is 37.9 Å². The second kappa shape index (κ2) is 11.7. The maximum atomic E-state index is 5.94. The summed E-state index contributed by atoms with van der Waals surface area (Å²) >= 11 is 0. The zero-order valence-electron chi connectivity index (χ0n) is 20.1. The molecule has 0 fully saturated rings. The van der Waals surface area contributed by atoms with Crippen molar-refractivity contribution in [2.45, 2.75) is 65.2 Å². The van der Waals surface area contributed by atoms with E-state index in [-0.39, 0.29) is 0 Å². The van der Waals surface area contributed by atoms with Crippen molar-refractivity contribution < 1.29 is 4.74 Å². The van der Waals surface area contributed by atoms with Crippen LogP contribution in [0.2, 0.25) is 0 Å². The van der Waals surface area contributed by atoms with E-state index in [0.717, 1.165) is 41.2 Å². The van der Waals surface area contributed by atoms with E-state index in [1.807, 2.05) is 0 Å². The fourth-order valence-electron chi connectivity index (χ4n) is 4.25. The van der Waals surface area contributed by atoms with Crippen LogP contribution >= 0.6 is 0 Å². The predicted molar refractivity (Wildman–Crippen MR) is 140 cm³/mol. The third kappa shape index (κ3) is 6.47. The molecule has 3 aromatic carbocycles. The van der Waals surface area contributed by atoms with Crippen LogP contribution in [0, 0.1) is 6.92 Å². The maximum Gasteiger partial charge on any atom is 0.138 e. The smallest absolute Gasteiger partial charge is 0.138 e. The molecule has 4 rings (SSSR count). The lowest BCUT2D eigenvalue weighted by Crippen LogP contribution is -1.97. The van der Waals surface area contributed by atoms with E-state index in [1.165, 1.54) is 61.6 Å². The van der Waals surface area contributed by atoms with Crippen LogP contribution in [-0.4, -0.2) is 16.6 Å². The molecule has 0 unspecified atom stereocenters. The Labute approximate surface area is 198 Å². The Morgan fingerprint density at radius 2 is 1.30 bits per heavy atom. The molecule has 3 heteroatoms. The zero-order chi connectivity index (χ0) is 22.9. The molecule has 1 heterocycles. The number of unbranched alkanes of at least 4 members (excludes halogenated alkanes) is 7. The number of aromatic amines is 1. The first-order valence-electron chi connectivity index (χ1n) is 12.5. The highest BCUT2D eigenvalue weighted by molar-refractivity contribution is 5.80. The van der Waals surface area contributed by atoms with Crippen LogP contribution in [0.15, 0.2) is 66.7 Å². The summed E-state index contributed by atoms with van der Waals surface area (Å²) in [6.07, 6.45) is 10.6. The molecule has 0 amide bonds. The van der Waals surface area contributed by atoms with Gasteiger partial charge in [-0.05, 0) is 54.3 Å². The number of imidazole rings is 1. The molecule has 0 aliphatic heterocycles. The average Bonchev–Trinajstić information content (AvgIpc) is 3.27. The van der Waals surface area contributed by atoms with Gasteiger partial charge in [-0.25, -0.2) is 4.98 Å². The first-order valence-corrected chi connectivity index (χ1v) is 12.5. The van der Waals surface area contributed by atoms with Gasteiger partial charge in [0, 0.05) is 5.56 Å². The summed E-state index contributed by atoms with van der Waals surface area (Å²) < 4.78 is 5.94. The Morgan fingerprint density at radius 3 is 2.00 bits per heavy atom. The molecule has 3 nitrogen and oxygen atoms in total. The van der Waals surface area contributed by atoms with Crippen molar-refractivity contribution in [3.63, 3.8) is 0 Å². The molecule has 33 heavy (non-hydrogen) atoms. The molecule has 0 aliphatic rings. The number of nitrogens with one attached hydrogen (secondary N) is 1. The number of aromatic nitrogens is 2. The van der Waals surface area contributed by atoms with Crippen molar-refractivity contribution in [3.8, 4) is 28.3 Å². The summed E-state index contributed by atoms with van der Waals surface area (Å²) in [7, 11) is 0. The number of benzene rings is 3. The monoisotopic (exact) mass is 440 g/mol. The lowest BCUT2D eigenvalue weighted by molar-refractivity contribution is 0.304. The molecule has 0 bridgehead atoms. The van der Waals surface area contributed by atoms with Gasteiger partial charge in [-0.2, -0.15) is 0 Å². The summed E-state index contributed by atoms with van der Waals surface area (Å²) in [5.41, 5.74) is 6.80. The molecule has 0 radical (unpaired) electrons. The number of fused-ring (bicyclic) bond motifs is 1. The summed E-state index contributed by atoms with van der Waals surface area (Å²) in [6, 6.07) is 23.3. The van der Waals surface area contributed by atoms with Crippen molar-refractivity contribution in [1.29, 1.82) is 0 Å². The SMILES string of the molecule is CCCCCCCCCCOc1ccc(-c2ccc(-c3nc4ccc(C)cc4[nH]3)cc2)cc1. The van der Waals surface area contributed by atoms with Crippen LogP contribution in [0.3, 0.4) is 0 Å². The van der Waals surface area contributed by atoms with Crippen molar-refractivity contribution in [2.75, 3.05) is 6.61 Å². The predicted octanol–water partition coefficient (Wildman–Crippen LogP) is 8.72. The van der Waals surface area contributed by atoms with Crippen LogP contribution in [0.1, 0.15) is 63.9 Å². The van der Waals surface area contributed by atoms with Gasteiger partial charge < -0.3 is 9.72 Å². The zero-order valence-corrected chi connectivity index (χ0v) is 20.1. The molecular weight excluding hydrogens is 404 g/mol. The number of hydrogen-bond donors (Lipinski definition) is 1. The Hall–Kier alpha value is -3.07. The third-order valence-corrected chi connectivity index (χ3v) is 6.25. The van der Waals surface area contributed by atoms with E-state index in [1.54, 1.807) is 0 Å². The van der Waals surface area contributed by atoms with Crippen LogP contribution in [-0.2, 0) is 0 Å². The number of nitrogens with zero attached hydrogens (tertiary/aromatic N) is 1. The minimum absolute atomic E-state index is 0.806. The number of ether oxygens (including phenoxy) is 1. The number of hydrogen-bond acceptors (Lipinski definition) is 2. The molecule has 0 saturated heterocycles. The Kier molecular flexibility index (Phi) is 8.19. The largest absolute Gasteiger partial charge is 0.494 e. The van der Waals surface area contributed by atoms with Gasteiger partial charge in [0.15, 0.2) is 0 Å². The number of H-pyrrole nitrogens is 1. The molecule has 1 aromatic heterocycles. The van der Waals surface area contributed by atoms with Crippen LogP contribution in [0.4, 0.5) is 0 Å². The standard InChI is InChI=1S/C30H36N2O/c1-3-4-5-6-7-8-9-10-21-33-27-18-16-25(17-19-27)24-12-14-26(15-13-24)30-31-28-20-11-23(2)22-29(28)32-30/h11-20,22H,3-10,21H2,1-2H3,(H,31,32). The van der Waals surface area contributed by atoms with Gasteiger partial charge in [0.05, 0.1) is 17.6 Å². The number of rotatable bonds is 12. The lowest BCUT2D eigenvalue weighted by Gasteiger charge is -2.08. The lowest BCUT2D eigenvalue weighted by atomic mass is 10.0. The van der Waals surface area contributed by atoms with Gasteiger partial charge in [-0.1, -0.05) is 94.3 Å². The first kappa shape index (κ1) is 23.1. The molecule has 0 spiro atoms. The Balaban J connectivity index is 1.26. The van der Waals surface area contributed by atoms with Gasteiger partial charge in [0.1, 0.15) is 11.6 Å². The summed E-state index contributed by atoms with van der Waals surface area (Å²) in [5, 5.41) is 0. The molecule has 172 valence electrons. The van der Waals surface area contributed by atoms with Crippen molar-refractivity contribution in [1.82, 2.24) is 9.97 Å². The minimum atomic E-state index is 0.806. The molecule has 0 atom stereocenters. The van der Waals surface area contributed by atoms with E-state index in [0.29, 0.717) is 0 Å². The van der Waals surface area contributed by atoms with E-state index in [9.17, 15) is 0 Å². The van der Waals surface area contributed by atoms with Crippen LogP contribution in [0.5, 0.6) is 5.75 Å². The highest BCUT2D eigenvalue weighted by Gasteiger charge is 2.06. The van der Waals surface area contributed by atoms with Gasteiger partial charge in [-0.3, -0.25) is 0 Å². The van der Waals surface area contributed by atoms with Gasteiger partial charge >= 0.3 is 0 Å². The quantitative estimate of drug-likeness (QED) is 0.224.